The predicted octanol–water partition coefficient (Wildman–Crippen LogP) is 20.5. The molecule has 5 heteroatoms. The molecule has 386 valence electrons. The van der Waals surface area contributed by atoms with Gasteiger partial charge in [-0.3, -0.25) is 0 Å². The van der Waals surface area contributed by atoms with E-state index >= 15 is 0 Å². The zero-order chi connectivity index (χ0) is 54.3. The maximum Gasteiger partial charge on any atom is 0.0541 e. The molecule has 83 heavy (non-hydrogen) atoms. The SMILES string of the molecule is c1ccc2c(c1)c1ccccc1n2-c1ccc(-c2ccc(-n3c4ccccc4c4cc(-c5ccc6c(c5)c5ccccc5n6-c5cc(-n6c7ccccc7c7ccccc76)cc(-n6c7ccccc7c7ccccc76)c5)ccc43)cc2)cc1. The fourth-order valence-electron chi connectivity index (χ4n) is 14.0. The summed E-state index contributed by atoms with van der Waals surface area (Å²) in [6.07, 6.45) is 0. The lowest BCUT2D eigenvalue weighted by Gasteiger charge is -2.17. The van der Waals surface area contributed by atoms with Crippen molar-refractivity contribution in [1.29, 1.82) is 0 Å². The number of hydrogen-bond donors (Lipinski definition) is 0. The van der Waals surface area contributed by atoms with E-state index in [1.807, 2.05) is 0 Å². The summed E-state index contributed by atoms with van der Waals surface area (Å²) in [6.45, 7) is 0. The molecule has 5 heterocycles. The molecule has 0 saturated heterocycles. The van der Waals surface area contributed by atoms with Crippen molar-refractivity contribution < 1.29 is 0 Å². The molecule has 5 aromatic heterocycles. The molecular formula is C78H49N5. The Hall–Kier alpha value is -11.1. The van der Waals surface area contributed by atoms with E-state index in [-0.39, 0.29) is 0 Å². The summed E-state index contributed by atoms with van der Waals surface area (Å²) in [7, 11) is 0. The molecule has 0 unspecified atom stereocenters. The van der Waals surface area contributed by atoms with Gasteiger partial charge in [-0.1, -0.05) is 182 Å². The summed E-state index contributed by atoms with van der Waals surface area (Å²) in [5, 5.41) is 12.4. The first-order valence-electron chi connectivity index (χ1n) is 28.6. The molecular weight excluding hydrogens is 1010 g/mol. The summed E-state index contributed by atoms with van der Waals surface area (Å²) in [4.78, 5) is 0. The standard InChI is InChI=1S/C78H49N5/c1-9-25-69-59(17-1)60-18-2-10-26-70(60)79(69)54-39-33-50(34-40-54)51-35-41-55(42-36-51)80-75-31-15-7-23-65(75)67-45-52(37-43-77(67)80)53-38-44-78-68(46-53)66-24-8-16-32-76(66)83(78)58-48-56(81-71-27-11-3-19-61(71)62-20-4-12-28-72(62)81)47-57(49-58)82-73-29-13-5-21-63(73)64-22-6-14-30-74(64)82/h1-49H. The summed E-state index contributed by atoms with van der Waals surface area (Å²) in [6, 6.07) is 110. The number of aromatic nitrogens is 5. The van der Waals surface area contributed by atoms with Gasteiger partial charge in [0.05, 0.1) is 72.2 Å². The van der Waals surface area contributed by atoms with Gasteiger partial charge in [-0.15, -0.1) is 0 Å². The monoisotopic (exact) mass is 1060 g/mol. The molecule has 0 spiro atoms. The van der Waals surface area contributed by atoms with Crippen LogP contribution in [-0.4, -0.2) is 22.8 Å². The maximum atomic E-state index is 2.48. The van der Waals surface area contributed by atoms with E-state index in [1.54, 1.807) is 0 Å². The van der Waals surface area contributed by atoms with Crippen molar-refractivity contribution in [3.8, 4) is 50.7 Å². The predicted molar refractivity (Wildman–Crippen MR) is 349 cm³/mol. The third-order valence-electron chi connectivity index (χ3n) is 17.7. The van der Waals surface area contributed by atoms with E-state index in [4.69, 9.17) is 0 Å². The Morgan fingerprint density at radius 3 is 0.578 bits per heavy atom. The molecule has 0 fully saturated rings. The molecule has 0 amide bonds. The molecule has 0 bridgehead atoms. The minimum absolute atomic E-state index is 1.09. The molecule has 0 aliphatic rings. The highest BCUT2D eigenvalue weighted by Gasteiger charge is 2.21. The minimum atomic E-state index is 1.09. The summed E-state index contributed by atoms with van der Waals surface area (Å²) in [5.41, 5.74) is 22.1. The third kappa shape index (κ3) is 6.77. The van der Waals surface area contributed by atoms with Gasteiger partial charge < -0.3 is 22.8 Å². The summed E-state index contributed by atoms with van der Waals surface area (Å²) < 4.78 is 12.2. The first-order chi connectivity index (χ1) is 41.2. The quantitative estimate of drug-likeness (QED) is 0.152. The van der Waals surface area contributed by atoms with Gasteiger partial charge in [-0.05, 0) is 138 Å². The lowest BCUT2D eigenvalue weighted by atomic mass is 10.0. The van der Waals surface area contributed by atoms with Gasteiger partial charge in [-0.25, -0.2) is 0 Å². The lowest BCUT2D eigenvalue weighted by molar-refractivity contribution is 1.10. The number of fused-ring (bicyclic) bond motifs is 15. The first-order valence-corrected chi connectivity index (χ1v) is 28.6. The summed E-state index contributed by atoms with van der Waals surface area (Å²) >= 11 is 0. The van der Waals surface area contributed by atoms with E-state index in [0.717, 1.165) is 39.5 Å². The highest BCUT2D eigenvalue weighted by molar-refractivity contribution is 6.15. The van der Waals surface area contributed by atoms with Gasteiger partial charge in [0.25, 0.3) is 0 Å². The van der Waals surface area contributed by atoms with Gasteiger partial charge in [0.2, 0.25) is 0 Å². The molecule has 5 nitrogen and oxygen atoms in total. The van der Waals surface area contributed by atoms with Crippen molar-refractivity contribution in [3.63, 3.8) is 0 Å². The van der Waals surface area contributed by atoms with Crippen molar-refractivity contribution >= 4 is 109 Å². The first kappa shape index (κ1) is 45.7. The van der Waals surface area contributed by atoms with E-state index in [9.17, 15) is 0 Å². The van der Waals surface area contributed by atoms with Crippen LogP contribution in [0.15, 0.2) is 297 Å². The molecule has 0 N–H and O–H groups in total. The Morgan fingerprint density at radius 1 is 0.133 bits per heavy atom. The average Bonchev–Trinajstić information content (AvgIpc) is 4.27. The Labute approximate surface area is 477 Å². The molecule has 13 aromatic carbocycles. The minimum Gasteiger partial charge on any atom is -0.309 e. The van der Waals surface area contributed by atoms with Crippen molar-refractivity contribution in [3.05, 3.63) is 297 Å². The normalized spacial score (nSPS) is 12.1. The molecule has 0 saturated carbocycles. The second-order valence-electron chi connectivity index (χ2n) is 22.1. The second-order valence-corrected chi connectivity index (χ2v) is 22.1. The molecule has 0 aliphatic carbocycles. The van der Waals surface area contributed by atoms with Gasteiger partial charge in [0.15, 0.2) is 0 Å². The van der Waals surface area contributed by atoms with Crippen LogP contribution >= 0.6 is 0 Å². The van der Waals surface area contributed by atoms with Crippen molar-refractivity contribution in [2.75, 3.05) is 0 Å². The van der Waals surface area contributed by atoms with E-state index in [1.165, 1.54) is 120 Å². The Morgan fingerprint density at radius 2 is 0.325 bits per heavy atom. The average molecular weight is 1060 g/mol. The van der Waals surface area contributed by atoms with Crippen molar-refractivity contribution in [1.82, 2.24) is 22.8 Å². The molecule has 18 rings (SSSR count). The van der Waals surface area contributed by atoms with E-state index < -0.39 is 0 Å². The Balaban J connectivity index is 0.752. The van der Waals surface area contributed by atoms with Crippen molar-refractivity contribution in [2.45, 2.75) is 0 Å². The summed E-state index contributed by atoms with van der Waals surface area (Å²) in [5.74, 6) is 0. The lowest BCUT2D eigenvalue weighted by Crippen LogP contribution is -2.03. The van der Waals surface area contributed by atoms with Crippen LogP contribution in [0.5, 0.6) is 0 Å². The Bertz CT molecular complexity index is 5390. The Kier molecular flexibility index (Phi) is 9.73. The van der Waals surface area contributed by atoms with Crippen LogP contribution in [0.4, 0.5) is 0 Å². The fourth-order valence-corrected chi connectivity index (χ4v) is 14.0. The van der Waals surface area contributed by atoms with Crippen LogP contribution in [0, 0.1) is 0 Å². The molecule has 0 aliphatic heterocycles. The fraction of sp³-hybridized carbons (Fsp3) is 0. The van der Waals surface area contributed by atoms with Crippen LogP contribution < -0.4 is 0 Å². The van der Waals surface area contributed by atoms with E-state index in [2.05, 4.69) is 320 Å². The van der Waals surface area contributed by atoms with Gasteiger partial charge in [0, 0.05) is 65.2 Å². The maximum absolute atomic E-state index is 2.48. The highest BCUT2D eigenvalue weighted by Crippen LogP contribution is 2.42. The van der Waals surface area contributed by atoms with Crippen LogP contribution in [0.1, 0.15) is 0 Å². The molecule has 0 atom stereocenters. The zero-order valence-electron chi connectivity index (χ0n) is 45.0. The number of benzene rings is 13. The van der Waals surface area contributed by atoms with Gasteiger partial charge >= 0.3 is 0 Å². The molecule has 0 radical (unpaired) electrons. The second kappa shape index (κ2) is 17.7. The topological polar surface area (TPSA) is 24.6 Å². The van der Waals surface area contributed by atoms with Crippen LogP contribution in [0.3, 0.4) is 0 Å². The van der Waals surface area contributed by atoms with Crippen LogP contribution in [0.2, 0.25) is 0 Å². The van der Waals surface area contributed by atoms with Gasteiger partial charge in [0.1, 0.15) is 0 Å². The van der Waals surface area contributed by atoms with E-state index in [0.29, 0.717) is 0 Å². The number of nitrogens with zero attached hydrogens (tertiary/aromatic N) is 5. The van der Waals surface area contributed by atoms with Gasteiger partial charge in [-0.2, -0.15) is 0 Å². The molecule has 18 aromatic rings. The van der Waals surface area contributed by atoms with Crippen molar-refractivity contribution in [2.24, 2.45) is 0 Å². The largest absolute Gasteiger partial charge is 0.309 e. The number of para-hydroxylation sites is 8. The van der Waals surface area contributed by atoms with Crippen LogP contribution in [-0.2, 0) is 0 Å². The highest BCUT2D eigenvalue weighted by atomic mass is 15.0. The smallest absolute Gasteiger partial charge is 0.0541 e. The third-order valence-corrected chi connectivity index (χ3v) is 17.7. The van der Waals surface area contributed by atoms with Crippen LogP contribution in [0.25, 0.3) is 160 Å². The number of rotatable bonds is 7. The number of hydrogen-bond acceptors (Lipinski definition) is 0. The zero-order valence-corrected chi connectivity index (χ0v) is 45.0.